The van der Waals surface area contributed by atoms with E-state index in [2.05, 4.69) is 22.3 Å². The van der Waals surface area contributed by atoms with Crippen molar-refractivity contribution in [3.05, 3.63) is 64.4 Å². The summed E-state index contributed by atoms with van der Waals surface area (Å²) in [6.07, 6.45) is 1.87. The van der Waals surface area contributed by atoms with E-state index >= 15 is 0 Å². The molecule has 5 nitrogen and oxygen atoms in total. The number of aliphatic hydroxyl groups is 1. The lowest BCUT2D eigenvalue weighted by molar-refractivity contribution is 0.275. The Kier molecular flexibility index (Phi) is 4.59. The summed E-state index contributed by atoms with van der Waals surface area (Å²) >= 11 is 0. The van der Waals surface area contributed by atoms with E-state index in [1.807, 2.05) is 30.6 Å². The molecule has 0 radical (unpaired) electrons. The molecule has 2 heterocycles. The van der Waals surface area contributed by atoms with Gasteiger partial charge in [0.15, 0.2) is 5.65 Å². The number of aromatic nitrogens is 3. The van der Waals surface area contributed by atoms with Crippen molar-refractivity contribution in [1.82, 2.24) is 19.9 Å². The number of fused-ring (bicyclic) bond motifs is 1. The molecular formula is C18H21FN4O. The zero-order chi connectivity index (χ0) is 17.3. The Morgan fingerprint density at radius 1 is 1.29 bits per heavy atom. The first kappa shape index (κ1) is 16.5. The van der Waals surface area contributed by atoms with Crippen LogP contribution in [-0.2, 0) is 13.2 Å². The zero-order valence-electron chi connectivity index (χ0n) is 14.0. The molecule has 0 bridgehead atoms. The minimum Gasteiger partial charge on any atom is -0.392 e. The molecule has 0 aliphatic heterocycles. The highest BCUT2D eigenvalue weighted by Crippen LogP contribution is 2.19. The number of aliphatic hydroxyl groups excluding tert-OH is 1. The SMILES string of the molecule is Cc1cc2ncc([C@@H](C)NCc3ccc(F)c(CO)c3)c(C)n2n1. The van der Waals surface area contributed by atoms with Gasteiger partial charge in [0, 0.05) is 41.7 Å². The molecule has 0 amide bonds. The van der Waals surface area contributed by atoms with Crippen molar-refractivity contribution in [1.29, 1.82) is 0 Å². The van der Waals surface area contributed by atoms with Crippen LogP contribution in [0.1, 0.15) is 41.0 Å². The molecule has 1 aromatic carbocycles. The van der Waals surface area contributed by atoms with Gasteiger partial charge in [0.1, 0.15) is 5.82 Å². The fraction of sp³-hybridized carbons (Fsp3) is 0.333. The number of hydrogen-bond donors (Lipinski definition) is 2. The third-order valence-electron chi connectivity index (χ3n) is 4.24. The van der Waals surface area contributed by atoms with Crippen molar-refractivity contribution in [2.75, 3.05) is 0 Å². The maximum Gasteiger partial charge on any atom is 0.155 e. The number of benzene rings is 1. The van der Waals surface area contributed by atoms with Crippen LogP contribution >= 0.6 is 0 Å². The van der Waals surface area contributed by atoms with E-state index in [-0.39, 0.29) is 18.5 Å². The molecule has 0 aliphatic rings. The second kappa shape index (κ2) is 6.67. The number of halogens is 1. The average Bonchev–Trinajstić information content (AvgIpc) is 2.95. The quantitative estimate of drug-likeness (QED) is 0.756. The van der Waals surface area contributed by atoms with Crippen LogP contribution in [0.25, 0.3) is 5.65 Å². The molecular weight excluding hydrogens is 307 g/mol. The zero-order valence-corrected chi connectivity index (χ0v) is 14.0. The molecule has 0 unspecified atom stereocenters. The lowest BCUT2D eigenvalue weighted by Gasteiger charge is -2.17. The fourth-order valence-electron chi connectivity index (χ4n) is 2.84. The molecule has 0 aliphatic carbocycles. The number of nitrogens with zero attached hydrogens (tertiary/aromatic N) is 3. The lowest BCUT2D eigenvalue weighted by atomic mass is 10.1. The molecule has 6 heteroatoms. The summed E-state index contributed by atoms with van der Waals surface area (Å²) in [6.45, 7) is 6.31. The molecule has 0 fully saturated rings. The first-order valence-electron chi connectivity index (χ1n) is 7.93. The number of hydrogen-bond acceptors (Lipinski definition) is 4. The van der Waals surface area contributed by atoms with Gasteiger partial charge in [-0.15, -0.1) is 0 Å². The van der Waals surface area contributed by atoms with Gasteiger partial charge in [0.2, 0.25) is 0 Å². The summed E-state index contributed by atoms with van der Waals surface area (Å²) in [5.41, 5.74) is 5.12. The largest absolute Gasteiger partial charge is 0.392 e. The maximum atomic E-state index is 13.4. The van der Waals surface area contributed by atoms with Gasteiger partial charge in [-0.05, 0) is 38.5 Å². The first-order chi connectivity index (χ1) is 11.5. The Labute approximate surface area is 140 Å². The van der Waals surface area contributed by atoms with E-state index in [9.17, 15) is 4.39 Å². The predicted octanol–water partition coefficient (Wildman–Crippen LogP) is 2.83. The van der Waals surface area contributed by atoms with Crippen LogP contribution in [0.15, 0.2) is 30.5 Å². The Hall–Kier alpha value is -2.31. The first-order valence-corrected chi connectivity index (χ1v) is 7.93. The normalized spacial score (nSPS) is 12.7. The molecule has 3 rings (SSSR count). The number of nitrogens with one attached hydrogen (secondary N) is 1. The Bertz CT molecular complexity index is 875. The molecule has 126 valence electrons. The van der Waals surface area contributed by atoms with Gasteiger partial charge in [-0.25, -0.2) is 13.9 Å². The summed E-state index contributed by atoms with van der Waals surface area (Å²) in [5.74, 6) is -0.381. The van der Waals surface area contributed by atoms with E-state index in [0.717, 1.165) is 28.2 Å². The molecule has 3 aromatic rings. The summed E-state index contributed by atoms with van der Waals surface area (Å²) in [6, 6.07) is 6.80. The van der Waals surface area contributed by atoms with Gasteiger partial charge in [0.05, 0.1) is 12.3 Å². The highest BCUT2D eigenvalue weighted by atomic mass is 19.1. The number of aryl methyl sites for hydroxylation is 2. The molecule has 0 saturated carbocycles. The topological polar surface area (TPSA) is 62.5 Å². The summed E-state index contributed by atoms with van der Waals surface area (Å²) in [7, 11) is 0. The van der Waals surface area contributed by atoms with Crippen LogP contribution in [-0.4, -0.2) is 19.7 Å². The minimum atomic E-state index is -0.381. The van der Waals surface area contributed by atoms with Gasteiger partial charge >= 0.3 is 0 Å². The van der Waals surface area contributed by atoms with Crippen LogP contribution in [0.2, 0.25) is 0 Å². The third-order valence-corrected chi connectivity index (χ3v) is 4.24. The monoisotopic (exact) mass is 328 g/mol. The molecule has 2 aromatic heterocycles. The van der Waals surface area contributed by atoms with Crippen molar-refractivity contribution in [3.63, 3.8) is 0 Å². The van der Waals surface area contributed by atoms with Crippen LogP contribution in [0.5, 0.6) is 0 Å². The van der Waals surface area contributed by atoms with Crippen LogP contribution in [0.4, 0.5) is 4.39 Å². The van der Waals surface area contributed by atoms with Gasteiger partial charge in [-0.2, -0.15) is 5.10 Å². The summed E-state index contributed by atoms with van der Waals surface area (Å²) < 4.78 is 15.3. The lowest BCUT2D eigenvalue weighted by Crippen LogP contribution is -2.20. The van der Waals surface area contributed by atoms with E-state index in [1.54, 1.807) is 12.1 Å². The second-order valence-corrected chi connectivity index (χ2v) is 6.04. The van der Waals surface area contributed by atoms with E-state index < -0.39 is 0 Å². The highest BCUT2D eigenvalue weighted by molar-refractivity contribution is 5.42. The smallest absolute Gasteiger partial charge is 0.155 e. The van der Waals surface area contributed by atoms with Crippen LogP contribution in [0.3, 0.4) is 0 Å². The average molecular weight is 328 g/mol. The Morgan fingerprint density at radius 2 is 2.08 bits per heavy atom. The van der Waals surface area contributed by atoms with E-state index in [4.69, 9.17) is 5.11 Å². The maximum absolute atomic E-state index is 13.4. The van der Waals surface area contributed by atoms with E-state index in [0.29, 0.717) is 12.1 Å². The summed E-state index contributed by atoms with van der Waals surface area (Å²) in [5, 5.41) is 17.0. The van der Waals surface area contributed by atoms with E-state index in [1.165, 1.54) is 6.07 Å². The molecule has 0 spiro atoms. The van der Waals surface area contributed by atoms with Crippen LogP contribution < -0.4 is 5.32 Å². The molecule has 2 N–H and O–H groups in total. The molecule has 0 saturated heterocycles. The van der Waals surface area contributed by atoms with Crippen molar-refractivity contribution >= 4 is 5.65 Å². The third kappa shape index (κ3) is 3.16. The van der Waals surface area contributed by atoms with Crippen molar-refractivity contribution in [2.24, 2.45) is 0 Å². The van der Waals surface area contributed by atoms with Crippen molar-refractivity contribution < 1.29 is 9.50 Å². The van der Waals surface area contributed by atoms with Gasteiger partial charge in [0.25, 0.3) is 0 Å². The number of rotatable bonds is 5. The van der Waals surface area contributed by atoms with Gasteiger partial charge in [-0.3, -0.25) is 0 Å². The second-order valence-electron chi connectivity index (χ2n) is 6.04. The van der Waals surface area contributed by atoms with Gasteiger partial charge in [-0.1, -0.05) is 6.07 Å². The predicted molar refractivity (Wildman–Crippen MR) is 90.0 cm³/mol. The molecule has 24 heavy (non-hydrogen) atoms. The fourth-order valence-corrected chi connectivity index (χ4v) is 2.84. The Morgan fingerprint density at radius 3 is 2.83 bits per heavy atom. The van der Waals surface area contributed by atoms with Crippen LogP contribution in [0, 0.1) is 19.7 Å². The summed E-state index contributed by atoms with van der Waals surface area (Å²) in [4.78, 5) is 4.46. The highest BCUT2D eigenvalue weighted by Gasteiger charge is 2.13. The van der Waals surface area contributed by atoms with Crippen molar-refractivity contribution in [2.45, 2.75) is 40.0 Å². The standard InChI is InChI=1S/C18H21FN4O/c1-11-6-18-21-9-16(13(3)23(18)22-11)12(2)20-8-14-4-5-17(19)15(7-14)10-24/h4-7,9,12,20,24H,8,10H2,1-3H3/t12-/m1/s1. The molecule has 1 atom stereocenters. The Balaban J connectivity index is 1.77. The van der Waals surface area contributed by atoms with Crippen molar-refractivity contribution in [3.8, 4) is 0 Å². The van der Waals surface area contributed by atoms with Gasteiger partial charge < -0.3 is 10.4 Å². The minimum absolute atomic E-state index is 0.0639.